The zero-order valence-corrected chi connectivity index (χ0v) is 89.1. The Kier molecular flexibility index (Phi) is 30.9. The summed E-state index contributed by atoms with van der Waals surface area (Å²) < 4.78 is 116. The van der Waals surface area contributed by atoms with E-state index in [0.29, 0.717) is 168 Å². The van der Waals surface area contributed by atoms with Crippen molar-refractivity contribution < 1.29 is 50.4 Å². The number of aryl methyl sites for hydroxylation is 1. The molecule has 0 bridgehead atoms. The Balaban J connectivity index is 0.000000112. The second-order valence-electron chi connectivity index (χ2n) is 45.3. The fourth-order valence-electron chi connectivity index (χ4n) is 28.3. The normalized spacial score (nSPS) is 25.4. The van der Waals surface area contributed by atoms with E-state index in [4.69, 9.17) is 23.7 Å². The third-order valence-electron chi connectivity index (χ3n) is 36.1. The highest BCUT2D eigenvalue weighted by Crippen LogP contribution is 2.57. The minimum atomic E-state index is -0.363. The highest BCUT2D eigenvalue weighted by atomic mass is 19.1. The molecule has 4 aromatic heterocycles. The Bertz CT molecular complexity index is 6890. The number of aromatic nitrogens is 4. The van der Waals surface area contributed by atoms with E-state index < -0.39 is 0 Å². The first kappa shape index (κ1) is 104. The van der Waals surface area contributed by atoms with Gasteiger partial charge in [-0.05, 0) is 248 Å². The third kappa shape index (κ3) is 19.7. The van der Waals surface area contributed by atoms with E-state index in [9.17, 15) is 9.59 Å². The summed E-state index contributed by atoms with van der Waals surface area (Å²) in [5.41, 5.74) is 12.8. The molecule has 10 saturated carbocycles. The van der Waals surface area contributed by atoms with Crippen LogP contribution in [-0.2, 0) is 6.42 Å². The topological polar surface area (TPSA) is 194 Å². The van der Waals surface area contributed by atoms with Gasteiger partial charge in [-0.15, -0.1) is 0 Å². The number of hydrogen-bond acceptors (Lipinski definition) is 19. The Morgan fingerprint density at radius 2 is 0.635 bits per heavy atom. The minimum Gasteiger partial charge on any atom is -0.492 e. The van der Waals surface area contributed by atoms with Crippen molar-refractivity contribution in [3.8, 4) is 28.7 Å². The standard InChI is InChI=1S/C24H31FN4O.C24H30FN3O2.2C24H32FN3O.C23H28FN3O2.CH4/c1-26-11-17-14-29(18-8-9-18)22-19(21(17)27-2)10-20(25)23(24(22)30-3)28-12-15-6-4-5-7-16(15)13-28;1-14(29)19-13-28(17-8-9-17)22-18(21(19)26-2)10-20(25)23(24(22)30-3)27-11-15-6-4-5-7-16(15)12-27;1-15-18(11-26-2)14-28(19-8-9-19)22-20(15)10-21(25)23(24(22)29-3)27-12-16-6-4-5-7-17(16)13-27;1-4-15-14-28(18-9-10-18)22-19(21(15)26-2)11-20(25)23(24(22)29-3)27-12-16-7-5-6-8-17(16)13-27;1-25-10-16-13-27(17-7-8-17)20-18(22(16)28)9-19(24)21(23(20)29-2)26-11-14-5-3-4-6-15(14)12-26;/h10-11,14-16,18H,4-9,12-13H2,1-3H3;10,13,15-17H,4-9,11-12H2,1-3H3;10-11,14-17,19H,4-9,12-13H2,1-3H3;11,14,16-18H,4-10,12-13H2,1-3H3;9-10,13-15,17H,3-8,11-12H2,1-2H3;1H4/t2*15-,16+;15?,16-,17+;16-,17+;14-,15+;. The Morgan fingerprint density at radius 1 is 0.351 bits per heavy atom. The zero-order valence-electron chi connectivity index (χ0n) is 89.1. The van der Waals surface area contributed by atoms with Crippen LogP contribution in [0.1, 0.15) is 284 Å². The molecule has 5 saturated heterocycles. The molecule has 1 unspecified atom stereocenters. The van der Waals surface area contributed by atoms with Crippen LogP contribution in [0, 0.1) is 88.3 Å². The van der Waals surface area contributed by atoms with Gasteiger partial charge in [-0.1, -0.05) is 85.5 Å². The molecule has 794 valence electrons. The number of carbonyl (C=O) groups is 1. The van der Waals surface area contributed by atoms with Crippen LogP contribution in [0.25, 0.3) is 43.6 Å². The molecule has 0 spiro atoms. The number of aliphatic imine (C=N–C) groups is 3. The highest BCUT2D eigenvalue weighted by molar-refractivity contribution is 6.01. The van der Waals surface area contributed by atoms with E-state index in [1.54, 1.807) is 115 Å². The number of allylic oxidation sites excluding steroid dienone is 1. The second-order valence-corrected chi connectivity index (χ2v) is 45.3. The van der Waals surface area contributed by atoms with E-state index in [-0.39, 0.29) is 53.6 Å². The van der Waals surface area contributed by atoms with Crippen molar-refractivity contribution >= 4 is 102 Å². The molecule has 0 N–H and O–H groups in total. The average Bonchev–Trinajstić information content (AvgIpc) is 1.50. The number of benzene rings is 5. The van der Waals surface area contributed by atoms with Gasteiger partial charge in [0.05, 0.1) is 95.9 Å². The van der Waals surface area contributed by atoms with Gasteiger partial charge in [0, 0.05) is 215 Å². The largest absolute Gasteiger partial charge is 0.492 e. The lowest BCUT2D eigenvalue weighted by atomic mass is 9.82. The molecule has 15 fully saturated rings. The van der Waals surface area contributed by atoms with E-state index >= 15 is 22.0 Å². The summed E-state index contributed by atoms with van der Waals surface area (Å²) >= 11 is 0. The molecule has 10 aliphatic carbocycles. The number of ketones is 1. The van der Waals surface area contributed by atoms with E-state index in [1.165, 1.54) is 166 Å². The number of nitrogens with zero attached hydrogens (tertiary/aromatic N) is 16. The molecule has 23 nitrogen and oxygen atoms in total. The van der Waals surface area contributed by atoms with Crippen LogP contribution in [0.3, 0.4) is 0 Å². The average molecular weight is 2030 g/mol. The first-order valence-corrected chi connectivity index (χ1v) is 55.6. The van der Waals surface area contributed by atoms with Gasteiger partial charge in [0.15, 0.2) is 69.0 Å². The van der Waals surface area contributed by atoms with Gasteiger partial charge in [-0.3, -0.25) is 39.5 Å². The molecule has 0 radical (unpaired) electrons. The number of methoxy groups -OCH3 is 5. The number of fused-ring (bicyclic) bond motifs is 10. The molecule has 28 heteroatoms. The number of pyridine rings is 4. The van der Waals surface area contributed by atoms with Crippen molar-refractivity contribution in [1.29, 1.82) is 0 Å². The second kappa shape index (κ2) is 44.0. The fraction of sp³-hybridized carbons (Fsp3) is 0.600. The first-order valence-electron chi connectivity index (χ1n) is 55.6. The number of halogens is 5. The molecule has 6 aliphatic heterocycles. The lowest BCUT2D eigenvalue weighted by molar-refractivity contribution is 0.101. The monoisotopic (exact) mass is 2030 g/mol. The van der Waals surface area contributed by atoms with Gasteiger partial charge in [0.1, 0.15) is 28.4 Å². The van der Waals surface area contributed by atoms with Crippen LogP contribution < -0.4 is 74.6 Å². The number of carbonyl (C=O) groups excluding carboxylic acids is 1. The van der Waals surface area contributed by atoms with Crippen LogP contribution in [0.4, 0.5) is 56.1 Å². The molecule has 10 heterocycles. The Hall–Kier alpha value is -11.2. The van der Waals surface area contributed by atoms with Gasteiger partial charge < -0.3 is 71.4 Å². The van der Waals surface area contributed by atoms with Crippen LogP contribution in [0.15, 0.2) is 102 Å². The van der Waals surface area contributed by atoms with Gasteiger partial charge in [0.25, 0.3) is 0 Å². The third-order valence-corrected chi connectivity index (χ3v) is 36.1. The van der Waals surface area contributed by atoms with Gasteiger partial charge in [-0.2, -0.15) is 0 Å². The lowest BCUT2D eigenvalue weighted by Crippen LogP contribution is -2.29. The molecule has 11 atom stereocenters. The maximum Gasteiger partial charge on any atom is 0.198 e. The quantitative estimate of drug-likeness (QED) is 0.0398. The molecule has 5 aromatic carbocycles. The van der Waals surface area contributed by atoms with Gasteiger partial charge in [0.2, 0.25) is 0 Å². The highest BCUT2D eigenvalue weighted by Gasteiger charge is 2.47. The first-order chi connectivity index (χ1) is 71.6. The molecule has 0 amide bonds. The minimum absolute atomic E-state index is 0. The number of rotatable bonds is 20. The summed E-state index contributed by atoms with van der Waals surface area (Å²) in [4.78, 5) is 64.7. The number of Topliss-reactive ketones (excluding diaryl/α,β-unsaturated/α-hetero) is 1. The van der Waals surface area contributed by atoms with Crippen LogP contribution in [0.2, 0.25) is 0 Å². The lowest BCUT2D eigenvalue weighted by Gasteiger charge is -2.36. The van der Waals surface area contributed by atoms with Crippen molar-refractivity contribution in [1.82, 2.24) is 18.3 Å². The number of anilines is 6. The van der Waals surface area contributed by atoms with Crippen LogP contribution >= 0.6 is 0 Å². The van der Waals surface area contributed by atoms with E-state index in [2.05, 4.69) is 110 Å². The summed E-state index contributed by atoms with van der Waals surface area (Å²) in [5.74, 6) is 8.75. The van der Waals surface area contributed by atoms with Crippen LogP contribution in [-0.4, -0.2) is 192 Å². The fourth-order valence-corrected chi connectivity index (χ4v) is 28.3. The molecule has 148 heavy (non-hydrogen) atoms. The van der Waals surface area contributed by atoms with Crippen LogP contribution in [0.5, 0.6) is 28.7 Å². The van der Waals surface area contributed by atoms with Crippen molar-refractivity contribution in [3.05, 3.63) is 150 Å². The van der Waals surface area contributed by atoms with Gasteiger partial charge >= 0.3 is 0 Å². The molecule has 9 aromatic rings. The predicted molar refractivity (Wildman–Crippen MR) is 588 cm³/mol. The maximum atomic E-state index is 15.7. The Labute approximate surface area is 869 Å². The molecule has 16 aliphatic rings. The molecular formula is C120H157F5N16O7. The predicted octanol–water partition coefficient (Wildman–Crippen LogP) is 23.6. The van der Waals surface area contributed by atoms with Crippen molar-refractivity contribution in [3.63, 3.8) is 0 Å². The summed E-state index contributed by atoms with van der Waals surface area (Å²) in [6.45, 7) is 15.0. The SMILES string of the molecule is C.CCc1cn(C2CC2)c2c(OC)c(N3C[C@H]4CCCC[C@H]4C3)c(F)cc2c1=NC.CN=CC1=CN(C2CC2)c2c(cc(F)c(N3C[C@H]4CCCC[C@H]4C3)c2OC)C1C.CN=Cc1cn(C2CC2)c2c(OC)c(N3C[C@H]4CCCC[C@H]4C3)c(F)cc2c1=NC.CN=Cc1cn(C2CC2)c2c(OC)c(N3C[C@H]4CCCC[C@H]4C3)c(F)cc2c1=O.CN=c1c(C(C)=O)cn(C2CC2)c2c(OC)c(N3C[C@H]4CCCC[C@H]4C3)c(F)cc12. The smallest absolute Gasteiger partial charge is 0.198 e. The van der Waals surface area contributed by atoms with Crippen molar-refractivity contribution in [2.24, 2.45) is 89.1 Å². The molecule has 25 rings (SSSR count). The number of ether oxygens (including phenoxy) is 5. The van der Waals surface area contributed by atoms with Gasteiger partial charge in [-0.25, -0.2) is 22.0 Å². The summed E-state index contributed by atoms with van der Waals surface area (Å²) in [7, 11) is 18.7. The maximum absolute atomic E-state index is 15.7. The summed E-state index contributed by atoms with van der Waals surface area (Å²) in [6, 6.07) is 10.2. The molecular weight excluding hydrogens is 1870 g/mol. The summed E-state index contributed by atoms with van der Waals surface area (Å²) in [6.07, 6.45) is 53.2. The van der Waals surface area contributed by atoms with E-state index in [1.807, 2.05) is 24.8 Å². The Morgan fingerprint density at radius 3 is 0.946 bits per heavy atom. The van der Waals surface area contributed by atoms with E-state index in [0.717, 1.165) is 182 Å². The summed E-state index contributed by atoms with van der Waals surface area (Å²) in [5, 5.41) is 4.94. The number of hydrogen-bond donors (Lipinski definition) is 0. The zero-order chi connectivity index (χ0) is 102. The van der Waals surface area contributed by atoms with Crippen molar-refractivity contribution in [2.45, 2.75) is 263 Å². The van der Waals surface area contributed by atoms with Crippen molar-refractivity contribution in [2.75, 3.05) is 173 Å².